The Hall–Kier alpha value is -2.96. The van der Waals surface area contributed by atoms with Gasteiger partial charge in [0, 0.05) is 48.0 Å². The molecule has 2 N–H and O–H groups in total. The maximum atomic E-state index is 12.7. The Labute approximate surface area is 240 Å². The zero-order chi connectivity index (χ0) is 29.0. The first kappa shape index (κ1) is 30.0. The molecule has 0 bridgehead atoms. The van der Waals surface area contributed by atoms with Crippen LogP contribution in [0, 0.1) is 20.8 Å². The first-order chi connectivity index (χ1) is 19.1. The first-order valence-electron chi connectivity index (χ1n) is 14.9. The Morgan fingerprint density at radius 2 is 1.68 bits per heavy atom. The molecule has 1 saturated carbocycles. The number of nitrogens with one attached hydrogen (secondary N) is 2. The molecule has 0 radical (unpaired) electrons. The van der Waals surface area contributed by atoms with Gasteiger partial charge in [-0.2, -0.15) is 0 Å². The molecule has 1 aromatic heterocycles. The third-order valence-electron chi connectivity index (χ3n) is 9.15. The summed E-state index contributed by atoms with van der Waals surface area (Å²) in [5.41, 5.74) is 8.47. The molecular weight excluding hydrogens is 496 g/mol. The number of carbonyl (C=O) groups is 1. The lowest BCUT2D eigenvalue weighted by Crippen LogP contribution is -2.43. The van der Waals surface area contributed by atoms with Crippen molar-refractivity contribution in [2.24, 2.45) is 0 Å². The number of H-pyrrole nitrogens is 1. The van der Waals surface area contributed by atoms with Crippen molar-refractivity contribution in [3.05, 3.63) is 91.6 Å². The Balaban J connectivity index is 1.67. The molecule has 0 aliphatic heterocycles. The van der Waals surface area contributed by atoms with Crippen LogP contribution in [0.5, 0.6) is 0 Å². The SMILES string of the molecule is CCN(C1=C(C)C(C(C=O)NCc2c(C)cc(C)[nH]c2=O)=CC(c2ccc(C)cc2)C1)C1CCC(N(C)C)CC1. The van der Waals surface area contributed by atoms with Gasteiger partial charge in [0.15, 0.2) is 0 Å². The Kier molecular flexibility index (Phi) is 9.85. The highest BCUT2D eigenvalue weighted by Crippen LogP contribution is 2.40. The summed E-state index contributed by atoms with van der Waals surface area (Å²) in [5, 5.41) is 3.43. The minimum Gasteiger partial charge on any atom is -0.372 e. The summed E-state index contributed by atoms with van der Waals surface area (Å²) in [6, 6.07) is 11.5. The average molecular weight is 545 g/mol. The zero-order valence-corrected chi connectivity index (χ0v) is 25.5. The van der Waals surface area contributed by atoms with Crippen LogP contribution in [0.25, 0.3) is 0 Å². The predicted molar refractivity (Wildman–Crippen MR) is 165 cm³/mol. The first-order valence-corrected chi connectivity index (χ1v) is 14.9. The van der Waals surface area contributed by atoms with Crippen LogP contribution < -0.4 is 10.9 Å². The second-order valence-corrected chi connectivity index (χ2v) is 12.1. The number of pyridine rings is 1. The van der Waals surface area contributed by atoms with Crippen molar-refractivity contribution in [3.8, 4) is 0 Å². The average Bonchev–Trinajstić information content (AvgIpc) is 2.92. The molecule has 1 fully saturated rings. The molecule has 0 amide bonds. The fourth-order valence-corrected chi connectivity index (χ4v) is 6.73. The van der Waals surface area contributed by atoms with Gasteiger partial charge in [-0.1, -0.05) is 35.9 Å². The number of carbonyl (C=O) groups excluding carboxylic acids is 1. The lowest BCUT2D eigenvalue weighted by Gasteiger charge is -2.43. The Bertz CT molecular complexity index is 1300. The molecule has 2 aliphatic rings. The van der Waals surface area contributed by atoms with Gasteiger partial charge in [0.05, 0.1) is 6.04 Å². The maximum Gasteiger partial charge on any atom is 0.252 e. The number of benzene rings is 1. The van der Waals surface area contributed by atoms with Gasteiger partial charge >= 0.3 is 0 Å². The summed E-state index contributed by atoms with van der Waals surface area (Å²) in [6.07, 6.45) is 9.03. The van der Waals surface area contributed by atoms with Gasteiger partial charge in [0.1, 0.15) is 6.29 Å². The number of hydrogen-bond acceptors (Lipinski definition) is 5. The number of allylic oxidation sites excluding steroid dienone is 2. The second-order valence-electron chi connectivity index (χ2n) is 12.1. The number of aromatic nitrogens is 1. The molecule has 0 saturated heterocycles. The van der Waals surface area contributed by atoms with Gasteiger partial charge in [0.25, 0.3) is 5.56 Å². The number of nitrogens with zero attached hydrogens (tertiary/aromatic N) is 2. The van der Waals surface area contributed by atoms with E-state index in [1.54, 1.807) is 0 Å². The largest absolute Gasteiger partial charge is 0.372 e. The summed E-state index contributed by atoms with van der Waals surface area (Å²) in [6.45, 7) is 11.7. The summed E-state index contributed by atoms with van der Waals surface area (Å²) in [5.74, 6) is 0.190. The van der Waals surface area contributed by atoms with Gasteiger partial charge in [0.2, 0.25) is 0 Å². The number of hydrogen-bond donors (Lipinski definition) is 2. The van der Waals surface area contributed by atoms with Crippen LogP contribution in [0.4, 0.5) is 0 Å². The normalized spacial score (nSPS) is 22.3. The molecule has 2 aromatic rings. The highest BCUT2D eigenvalue weighted by Gasteiger charge is 2.32. The number of aromatic amines is 1. The second kappa shape index (κ2) is 13.1. The van der Waals surface area contributed by atoms with Crippen molar-refractivity contribution in [2.75, 3.05) is 20.6 Å². The lowest BCUT2D eigenvalue weighted by atomic mass is 9.80. The Morgan fingerprint density at radius 1 is 1.02 bits per heavy atom. The summed E-state index contributed by atoms with van der Waals surface area (Å²) in [4.78, 5) is 33.2. The molecule has 4 rings (SSSR count). The van der Waals surface area contributed by atoms with Gasteiger partial charge in [-0.3, -0.25) is 10.1 Å². The number of aldehydes is 1. The van der Waals surface area contributed by atoms with Crippen LogP contribution in [-0.4, -0.2) is 59.8 Å². The van der Waals surface area contributed by atoms with Crippen LogP contribution >= 0.6 is 0 Å². The zero-order valence-electron chi connectivity index (χ0n) is 25.5. The molecule has 216 valence electrons. The van der Waals surface area contributed by atoms with Crippen molar-refractivity contribution in [1.82, 2.24) is 20.1 Å². The van der Waals surface area contributed by atoms with E-state index < -0.39 is 6.04 Å². The summed E-state index contributed by atoms with van der Waals surface area (Å²) < 4.78 is 0. The maximum absolute atomic E-state index is 12.7. The number of aryl methyl sites for hydroxylation is 3. The highest BCUT2D eigenvalue weighted by atomic mass is 16.1. The van der Waals surface area contributed by atoms with Crippen molar-refractivity contribution >= 4 is 6.29 Å². The van der Waals surface area contributed by atoms with E-state index in [-0.39, 0.29) is 11.5 Å². The molecule has 1 heterocycles. The number of rotatable bonds is 10. The molecule has 40 heavy (non-hydrogen) atoms. The monoisotopic (exact) mass is 544 g/mol. The van der Waals surface area contributed by atoms with E-state index in [0.29, 0.717) is 24.2 Å². The molecular formula is C34H48N4O2. The van der Waals surface area contributed by atoms with E-state index in [4.69, 9.17) is 0 Å². The minimum atomic E-state index is -0.494. The molecule has 2 unspecified atom stereocenters. The molecule has 1 aromatic carbocycles. The smallest absolute Gasteiger partial charge is 0.252 e. The lowest BCUT2D eigenvalue weighted by molar-refractivity contribution is -0.108. The van der Waals surface area contributed by atoms with E-state index in [0.717, 1.165) is 36.1 Å². The van der Waals surface area contributed by atoms with E-state index in [9.17, 15) is 9.59 Å². The fourth-order valence-electron chi connectivity index (χ4n) is 6.73. The minimum absolute atomic E-state index is 0.0942. The topological polar surface area (TPSA) is 68.4 Å². The molecule has 6 nitrogen and oxygen atoms in total. The third-order valence-corrected chi connectivity index (χ3v) is 9.15. The summed E-state index contributed by atoms with van der Waals surface area (Å²) in [7, 11) is 4.39. The van der Waals surface area contributed by atoms with Gasteiger partial charge < -0.3 is 19.6 Å². The van der Waals surface area contributed by atoms with Crippen LogP contribution in [0.15, 0.2) is 58.0 Å². The molecule has 2 aliphatic carbocycles. The van der Waals surface area contributed by atoms with Crippen LogP contribution in [0.3, 0.4) is 0 Å². The quantitative estimate of drug-likeness (QED) is 0.385. The third kappa shape index (κ3) is 6.67. The van der Waals surface area contributed by atoms with E-state index >= 15 is 0 Å². The van der Waals surface area contributed by atoms with Crippen molar-refractivity contribution < 1.29 is 4.79 Å². The van der Waals surface area contributed by atoms with Crippen LogP contribution in [0.2, 0.25) is 0 Å². The molecule has 2 atom stereocenters. The van der Waals surface area contributed by atoms with Crippen molar-refractivity contribution in [2.45, 2.75) is 97.3 Å². The molecule has 6 heteroatoms. The predicted octanol–water partition coefficient (Wildman–Crippen LogP) is 5.54. The standard InChI is InChI=1S/C34H48N4O2/c1-8-38(29-15-13-28(14-16-29)37(6)7)33-19-27(26-11-9-22(2)10-12-26)18-30(25(33)5)32(21-39)35-20-31-23(3)17-24(4)36-34(31)40/h9-12,17-18,21,27-29,32,35H,8,13-16,19-20H2,1-7H3,(H,36,40). The van der Waals surface area contributed by atoms with E-state index in [2.05, 4.69) is 85.3 Å². The summed E-state index contributed by atoms with van der Waals surface area (Å²) >= 11 is 0. The fraction of sp³-hybridized carbons (Fsp3) is 0.529. The van der Waals surface area contributed by atoms with Gasteiger partial charge in [-0.05, 0) is 109 Å². The highest BCUT2D eigenvalue weighted by molar-refractivity contribution is 5.68. The molecule has 0 spiro atoms. The van der Waals surface area contributed by atoms with Gasteiger partial charge in [-0.25, -0.2) is 0 Å². The Morgan fingerprint density at radius 3 is 2.25 bits per heavy atom. The van der Waals surface area contributed by atoms with Crippen molar-refractivity contribution in [3.63, 3.8) is 0 Å². The van der Waals surface area contributed by atoms with Gasteiger partial charge in [-0.15, -0.1) is 0 Å². The van der Waals surface area contributed by atoms with Crippen molar-refractivity contribution in [1.29, 1.82) is 0 Å². The van der Waals surface area contributed by atoms with Crippen LogP contribution in [0.1, 0.15) is 79.8 Å². The van der Waals surface area contributed by atoms with E-state index in [1.807, 2.05) is 19.9 Å². The van der Waals surface area contributed by atoms with E-state index in [1.165, 1.54) is 48.1 Å². The van der Waals surface area contributed by atoms with Crippen LogP contribution in [-0.2, 0) is 11.3 Å².